The third-order valence-corrected chi connectivity index (χ3v) is 5.25. The highest BCUT2D eigenvalue weighted by molar-refractivity contribution is 9.10. The Morgan fingerprint density at radius 3 is 2.36 bits per heavy atom. The second-order valence-electron chi connectivity index (χ2n) is 6.28. The first-order valence-electron chi connectivity index (χ1n) is 8.84. The Bertz CT molecular complexity index is 1300. The van der Waals surface area contributed by atoms with E-state index in [9.17, 15) is 25.0 Å². The highest BCUT2D eigenvalue weighted by atomic mass is 79.9. The summed E-state index contributed by atoms with van der Waals surface area (Å²) >= 11 is 15.1. The number of carbonyl (C=O) groups excluding carboxylic acids is 1. The van der Waals surface area contributed by atoms with Gasteiger partial charge in [0.2, 0.25) is 5.75 Å². The number of hydrogen-bond acceptors (Lipinski definition) is 7. The van der Waals surface area contributed by atoms with E-state index in [1.165, 1.54) is 30.5 Å². The lowest BCUT2D eigenvalue weighted by Crippen LogP contribution is -2.18. The smallest absolute Gasteiger partial charge is 0.318 e. The van der Waals surface area contributed by atoms with E-state index < -0.39 is 27.1 Å². The summed E-state index contributed by atoms with van der Waals surface area (Å²) in [5, 5.41) is 26.6. The number of ether oxygens (including phenoxy) is 1. The molecule has 0 aromatic heterocycles. The molecule has 10 nitrogen and oxygen atoms in total. The van der Waals surface area contributed by atoms with Crippen molar-refractivity contribution in [3.8, 4) is 11.5 Å². The molecule has 0 spiro atoms. The van der Waals surface area contributed by atoms with Crippen molar-refractivity contribution >= 4 is 62.6 Å². The van der Waals surface area contributed by atoms with Crippen molar-refractivity contribution in [2.75, 3.05) is 0 Å². The Kier molecular flexibility index (Phi) is 7.59. The van der Waals surface area contributed by atoms with Gasteiger partial charge in [0.1, 0.15) is 5.75 Å². The maximum Gasteiger partial charge on any atom is 0.318 e. The lowest BCUT2D eigenvalue weighted by Gasteiger charge is -2.09. The van der Waals surface area contributed by atoms with Crippen molar-refractivity contribution in [1.29, 1.82) is 0 Å². The molecule has 0 aliphatic heterocycles. The van der Waals surface area contributed by atoms with Gasteiger partial charge in [-0.1, -0.05) is 23.2 Å². The normalized spacial score (nSPS) is 10.8. The van der Waals surface area contributed by atoms with Crippen LogP contribution in [0.25, 0.3) is 0 Å². The van der Waals surface area contributed by atoms with E-state index in [2.05, 4.69) is 26.5 Å². The van der Waals surface area contributed by atoms with Crippen LogP contribution in [-0.4, -0.2) is 22.0 Å². The predicted octanol–water partition coefficient (Wildman–Crippen LogP) is 6.13. The molecule has 3 aromatic carbocycles. The van der Waals surface area contributed by atoms with Crippen LogP contribution in [-0.2, 0) is 0 Å². The molecule has 0 saturated carbocycles. The molecule has 33 heavy (non-hydrogen) atoms. The molecule has 13 heteroatoms. The maximum atomic E-state index is 12.2. The molecule has 3 aromatic rings. The fraction of sp³-hybridized carbons (Fsp3) is 0. The second-order valence-corrected chi connectivity index (χ2v) is 7.98. The van der Waals surface area contributed by atoms with Gasteiger partial charge >= 0.3 is 5.69 Å². The summed E-state index contributed by atoms with van der Waals surface area (Å²) in [5.74, 6) is -0.474. The molecular formula is C20H11BrCl2N4O6. The minimum atomic E-state index is -0.771. The van der Waals surface area contributed by atoms with E-state index in [1.807, 2.05) is 0 Å². The van der Waals surface area contributed by atoms with Gasteiger partial charge in [0, 0.05) is 11.1 Å². The van der Waals surface area contributed by atoms with Crippen molar-refractivity contribution in [1.82, 2.24) is 5.43 Å². The van der Waals surface area contributed by atoms with Crippen LogP contribution in [0.4, 0.5) is 11.4 Å². The number of nitro groups is 2. The van der Waals surface area contributed by atoms with E-state index in [4.69, 9.17) is 27.9 Å². The number of non-ortho nitro benzene ring substituents is 1. The largest absolute Gasteiger partial charge is 0.449 e. The number of rotatable bonds is 7. The molecule has 0 heterocycles. The Hall–Kier alpha value is -3.54. The molecule has 0 fully saturated rings. The minimum absolute atomic E-state index is 0.167. The van der Waals surface area contributed by atoms with Crippen LogP contribution in [0, 0.1) is 20.2 Å². The van der Waals surface area contributed by atoms with Crippen molar-refractivity contribution in [3.05, 3.63) is 100 Å². The van der Waals surface area contributed by atoms with Crippen LogP contribution in [0.5, 0.6) is 11.5 Å². The Labute approximate surface area is 204 Å². The summed E-state index contributed by atoms with van der Waals surface area (Å²) in [7, 11) is 0. The third kappa shape index (κ3) is 6.04. The number of amides is 1. The van der Waals surface area contributed by atoms with E-state index >= 15 is 0 Å². The zero-order valence-electron chi connectivity index (χ0n) is 16.2. The first-order chi connectivity index (χ1) is 15.7. The highest BCUT2D eigenvalue weighted by Crippen LogP contribution is 2.37. The molecule has 1 N–H and O–H groups in total. The minimum Gasteiger partial charge on any atom is -0.449 e. The average Bonchev–Trinajstić information content (AvgIpc) is 2.75. The summed E-state index contributed by atoms with van der Waals surface area (Å²) in [6.45, 7) is 0. The number of nitrogens with zero attached hydrogens (tertiary/aromatic N) is 3. The summed E-state index contributed by atoms with van der Waals surface area (Å²) in [6, 6.07) is 12.2. The zero-order chi connectivity index (χ0) is 24.1. The summed E-state index contributed by atoms with van der Waals surface area (Å²) < 4.78 is 5.99. The average molecular weight is 554 g/mol. The van der Waals surface area contributed by atoms with E-state index in [0.29, 0.717) is 15.1 Å². The standard InChI is InChI=1S/C20H11BrCl2N4O6/c21-15-7-11(10-24-25-20(28)14-4-2-12(22)8-16(14)23)1-5-18(15)33-19-6-3-13(26(29)30)9-17(19)27(31)32/h1-10H,(H,25,28)/b24-10-. The molecular weight excluding hydrogens is 543 g/mol. The van der Waals surface area contributed by atoms with Gasteiger partial charge in [0.25, 0.3) is 11.6 Å². The van der Waals surface area contributed by atoms with Crippen LogP contribution >= 0.6 is 39.1 Å². The monoisotopic (exact) mass is 552 g/mol. The number of nitrogens with one attached hydrogen (secondary N) is 1. The summed E-state index contributed by atoms with van der Waals surface area (Å²) in [6.07, 6.45) is 1.37. The molecule has 1 amide bonds. The number of halogens is 3. The topological polar surface area (TPSA) is 137 Å². The first-order valence-corrected chi connectivity index (χ1v) is 10.4. The van der Waals surface area contributed by atoms with Crippen LogP contribution in [0.2, 0.25) is 10.0 Å². The SMILES string of the molecule is O=C(N/N=C\c1ccc(Oc2ccc([N+](=O)[O-])cc2[N+](=O)[O-])c(Br)c1)c1ccc(Cl)cc1Cl. The number of carbonyl (C=O) groups is 1. The Morgan fingerprint density at radius 1 is 1.00 bits per heavy atom. The van der Waals surface area contributed by atoms with Gasteiger partial charge in [-0.3, -0.25) is 25.0 Å². The van der Waals surface area contributed by atoms with Gasteiger partial charge in [-0.15, -0.1) is 0 Å². The lowest BCUT2D eigenvalue weighted by molar-refractivity contribution is -0.394. The van der Waals surface area contributed by atoms with Crippen LogP contribution in [0.15, 0.2) is 64.2 Å². The molecule has 0 unspecified atom stereocenters. The number of hydrazone groups is 1. The predicted molar refractivity (Wildman–Crippen MR) is 125 cm³/mol. The fourth-order valence-corrected chi connectivity index (χ4v) is 3.52. The van der Waals surface area contributed by atoms with Crippen LogP contribution < -0.4 is 10.2 Å². The second kappa shape index (κ2) is 10.4. The molecule has 0 radical (unpaired) electrons. The van der Waals surface area contributed by atoms with Crippen molar-refractivity contribution in [3.63, 3.8) is 0 Å². The quantitative estimate of drug-likeness (QED) is 0.212. The van der Waals surface area contributed by atoms with E-state index in [1.54, 1.807) is 12.1 Å². The number of hydrogen-bond donors (Lipinski definition) is 1. The maximum absolute atomic E-state index is 12.2. The van der Waals surface area contributed by atoms with Crippen molar-refractivity contribution < 1.29 is 19.4 Å². The molecule has 0 bridgehead atoms. The molecule has 0 aliphatic rings. The van der Waals surface area contributed by atoms with Crippen LogP contribution in [0.3, 0.4) is 0 Å². The number of nitro benzene ring substituents is 2. The lowest BCUT2D eigenvalue weighted by atomic mass is 10.2. The summed E-state index contributed by atoms with van der Waals surface area (Å²) in [5.41, 5.74) is 2.13. The molecule has 3 rings (SSSR count). The van der Waals surface area contributed by atoms with Crippen molar-refractivity contribution in [2.45, 2.75) is 0 Å². The van der Waals surface area contributed by atoms with Gasteiger partial charge in [-0.25, -0.2) is 5.43 Å². The summed E-state index contributed by atoms with van der Waals surface area (Å²) in [4.78, 5) is 32.8. The highest BCUT2D eigenvalue weighted by Gasteiger charge is 2.21. The molecule has 0 atom stereocenters. The fourth-order valence-electron chi connectivity index (χ4n) is 2.55. The Balaban J connectivity index is 1.73. The number of benzene rings is 3. The van der Waals surface area contributed by atoms with Gasteiger partial charge in [-0.2, -0.15) is 5.10 Å². The van der Waals surface area contributed by atoms with Crippen LogP contribution in [0.1, 0.15) is 15.9 Å². The third-order valence-electron chi connectivity index (χ3n) is 4.08. The molecule has 0 saturated heterocycles. The van der Waals surface area contributed by atoms with E-state index in [0.717, 1.165) is 18.2 Å². The molecule has 168 valence electrons. The molecule has 0 aliphatic carbocycles. The van der Waals surface area contributed by atoms with E-state index in [-0.39, 0.29) is 22.1 Å². The Morgan fingerprint density at radius 2 is 1.73 bits per heavy atom. The zero-order valence-corrected chi connectivity index (χ0v) is 19.3. The van der Waals surface area contributed by atoms with Gasteiger partial charge in [-0.05, 0) is 64.0 Å². The van der Waals surface area contributed by atoms with Crippen molar-refractivity contribution in [2.24, 2.45) is 5.10 Å². The van der Waals surface area contributed by atoms with Gasteiger partial charge in [0.15, 0.2) is 0 Å². The van der Waals surface area contributed by atoms with Gasteiger partial charge < -0.3 is 4.74 Å². The van der Waals surface area contributed by atoms with Gasteiger partial charge in [0.05, 0.1) is 37.2 Å². The first kappa shape index (κ1) is 24.1.